The number of anilines is 1. The third kappa shape index (κ3) is 3.00. The standard InChI is InChI=1S/C18H14ClN2O2S/c1-10-3-2-4-13-14(16(20)22)18(24-15(10)13)21-17(23)12-7-5-11(9-19)6-8-12/h3-8H,9H2,1H3,(H2,20,22)(H,21,23). The van der Waals surface area contributed by atoms with Crippen LogP contribution >= 0.6 is 22.9 Å². The molecule has 0 aliphatic heterocycles. The van der Waals surface area contributed by atoms with Crippen LogP contribution in [-0.2, 0) is 5.88 Å². The van der Waals surface area contributed by atoms with Crippen molar-refractivity contribution in [2.75, 3.05) is 5.32 Å². The molecule has 24 heavy (non-hydrogen) atoms. The maximum atomic E-state index is 12.5. The number of aryl methyl sites for hydroxylation is 1. The number of nitrogens with two attached hydrogens (primary N) is 1. The molecule has 4 nitrogen and oxygen atoms in total. The second-order valence-corrected chi connectivity index (χ2v) is 6.62. The van der Waals surface area contributed by atoms with Crippen LogP contribution in [0, 0.1) is 13.0 Å². The van der Waals surface area contributed by atoms with E-state index >= 15 is 0 Å². The second kappa shape index (κ2) is 6.63. The number of benzene rings is 2. The molecule has 2 aromatic carbocycles. The van der Waals surface area contributed by atoms with E-state index in [-0.39, 0.29) is 5.91 Å². The van der Waals surface area contributed by atoms with Crippen molar-refractivity contribution < 1.29 is 9.59 Å². The van der Waals surface area contributed by atoms with E-state index in [0.29, 0.717) is 27.4 Å². The molecule has 0 atom stereocenters. The second-order valence-electron chi connectivity index (χ2n) is 5.34. The van der Waals surface area contributed by atoms with Crippen molar-refractivity contribution in [3.63, 3.8) is 0 Å². The van der Waals surface area contributed by atoms with Crippen LogP contribution in [0.15, 0.2) is 36.4 Å². The fourth-order valence-electron chi connectivity index (χ4n) is 2.44. The number of rotatable bonds is 4. The highest BCUT2D eigenvalue weighted by Crippen LogP contribution is 2.37. The molecule has 3 rings (SSSR count). The molecular weight excluding hydrogens is 344 g/mol. The van der Waals surface area contributed by atoms with E-state index in [1.54, 1.807) is 30.3 Å². The lowest BCUT2D eigenvalue weighted by molar-refractivity contribution is 0.100. The Bertz CT molecular complexity index is 932. The van der Waals surface area contributed by atoms with Crippen LogP contribution in [0.25, 0.3) is 10.1 Å². The Labute approximate surface area is 148 Å². The van der Waals surface area contributed by atoms with E-state index < -0.39 is 5.91 Å². The lowest BCUT2D eigenvalue weighted by atomic mass is 10.1. The minimum Gasteiger partial charge on any atom is -0.365 e. The van der Waals surface area contributed by atoms with E-state index in [9.17, 15) is 9.59 Å². The fraction of sp³-hybridized carbons (Fsp3) is 0.111. The number of amides is 2. The van der Waals surface area contributed by atoms with E-state index in [1.165, 1.54) is 11.3 Å². The quantitative estimate of drug-likeness (QED) is 0.690. The fourth-order valence-corrected chi connectivity index (χ4v) is 3.77. The molecule has 0 aliphatic carbocycles. The average Bonchev–Trinajstić information content (AvgIpc) is 2.94. The monoisotopic (exact) mass is 357 g/mol. The first-order valence-electron chi connectivity index (χ1n) is 7.20. The van der Waals surface area contributed by atoms with Gasteiger partial charge in [0, 0.05) is 21.5 Å². The first kappa shape index (κ1) is 16.5. The number of hydrogen-bond donors (Lipinski definition) is 2. The van der Waals surface area contributed by atoms with Crippen molar-refractivity contribution in [2.24, 2.45) is 5.73 Å². The van der Waals surface area contributed by atoms with Gasteiger partial charge in [0.1, 0.15) is 5.00 Å². The van der Waals surface area contributed by atoms with Gasteiger partial charge in [-0.15, -0.1) is 22.9 Å². The van der Waals surface area contributed by atoms with Gasteiger partial charge in [0.15, 0.2) is 0 Å². The average molecular weight is 358 g/mol. The molecule has 121 valence electrons. The van der Waals surface area contributed by atoms with Crippen LogP contribution in [0.5, 0.6) is 0 Å². The lowest BCUT2D eigenvalue weighted by Crippen LogP contribution is -2.16. The van der Waals surface area contributed by atoms with Gasteiger partial charge in [-0.1, -0.05) is 12.1 Å². The Morgan fingerprint density at radius 2 is 1.96 bits per heavy atom. The van der Waals surface area contributed by atoms with Crippen molar-refractivity contribution >= 4 is 49.8 Å². The highest BCUT2D eigenvalue weighted by molar-refractivity contribution is 7.23. The molecule has 0 bridgehead atoms. The molecule has 0 unspecified atom stereocenters. The number of alkyl halides is 1. The van der Waals surface area contributed by atoms with Gasteiger partial charge >= 0.3 is 0 Å². The summed E-state index contributed by atoms with van der Waals surface area (Å²) >= 11 is 7.09. The van der Waals surface area contributed by atoms with E-state index in [2.05, 4.69) is 11.4 Å². The van der Waals surface area contributed by atoms with Crippen LogP contribution in [0.1, 0.15) is 31.8 Å². The molecule has 2 amide bonds. The van der Waals surface area contributed by atoms with Gasteiger partial charge < -0.3 is 11.1 Å². The first-order valence-corrected chi connectivity index (χ1v) is 8.55. The predicted octanol–water partition coefficient (Wildman–Crippen LogP) is 4.10. The largest absolute Gasteiger partial charge is 0.365 e. The molecule has 0 fully saturated rings. The number of thiophene rings is 1. The summed E-state index contributed by atoms with van der Waals surface area (Å²) < 4.78 is 0.912. The van der Waals surface area contributed by atoms with Crippen LogP contribution in [0.3, 0.4) is 0 Å². The first-order chi connectivity index (χ1) is 11.5. The Hall–Kier alpha value is -2.37. The summed E-state index contributed by atoms with van der Waals surface area (Å²) in [5.74, 6) is -0.486. The van der Waals surface area contributed by atoms with Gasteiger partial charge in [0.25, 0.3) is 11.8 Å². The topological polar surface area (TPSA) is 72.2 Å². The highest BCUT2D eigenvalue weighted by atomic mass is 35.5. The molecule has 1 aromatic heterocycles. The summed E-state index contributed by atoms with van der Waals surface area (Å²) in [6.07, 6.45) is 0. The van der Waals surface area contributed by atoms with Gasteiger partial charge in [-0.3, -0.25) is 9.59 Å². The summed E-state index contributed by atoms with van der Waals surface area (Å²) in [4.78, 5) is 24.3. The van der Waals surface area contributed by atoms with Crippen molar-refractivity contribution in [2.45, 2.75) is 12.8 Å². The van der Waals surface area contributed by atoms with Gasteiger partial charge in [-0.05, 0) is 48.4 Å². The third-order valence-electron chi connectivity index (χ3n) is 3.67. The minimum atomic E-state index is -0.576. The smallest absolute Gasteiger partial charge is 0.256 e. The number of hydrogen-bond acceptors (Lipinski definition) is 3. The van der Waals surface area contributed by atoms with Crippen molar-refractivity contribution in [3.05, 3.63) is 64.7 Å². The van der Waals surface area contributed by atoms with Gasteiger partial charge in [-0.2, -0.15) is 0 Å². The molecule has 0 saturated carbocycles. The molecular formula is C18H14ClN2O2S. The van der Waals surface area contributed by atoms with Crippen LogP contribution < -0.4 is 11.1 Å². The van der Waals surface area contributed by atoms with Crippen molar-refractivity contribution in [3.8, 4) is 0 Å². The Balaban J connectivity index is 1.99. The molecule has 3 N–H and O–H groups in total. The maximum absolute atomic E-state index is 12.5. The predicted molar refractivity (Wildman–Crippen MR) is 97.9 cm³/mol. The van der Waals surface area contributed by atoms with Crippen LogP contribution in [0.4, 0.5) is 5.00 Å². The molecule has 0 spiro atoms. The summed E-state index contributed by atoms with van der Waals surface area (Å²) in [6.45, 7) is 1.93. The summed E-state index contributed by atoms with van der Waals surface area (Å²) in [7, 11) is 0. The van der Waals surface area contributed by atoms with E-state index in [1.807, 2.05) is 13.0 Å². The number of halogens is 1. The normalized spacial score (nSPS) is 10.8. The number of nitrogens with one attached hydrogen (secondary N) is 1. The van der Waals surface area contributed by atoms with E-state index in [4.69, 9.17) is 17.3 Å². The maximum Gasteiger partial charge on any atom is 0.256 e. The molecule has 6 heteroatoms. The third-order valence-corrected chi connectivity index (χ3v) is 5.24. The van der Waals surface area contributed by atoms with Gasteiger partial charge in [0.2, 0.25) is 0 Å². The highest BCUT2D eigenvalue weighted by Gasteiger charge is 2.20. The Kier molecular flexibility index (Phi) is 4.55. The molecule has 0 saturated heterocycles. The molecule has 1 radical (unpaired) electrons. The van der Waals surface area contributed by atoms with Crippen LogP contribution in [-0.4, -0.2) is 11.8 Å². The van der Waals surface area contributed by atoms with Crippen molar-refractivity contribution in [1.29, 1.82) is 0 Å². The van der Waals surface area contributed by atoms with Gasteiger partial charge in [-0.25, -0.2) is 0 Å². The Morgan fingerprint density at radius 1 is 1.25 bits per heavy atom. The van der Waals surface area contributed by atoms with E-state index in [0.717, 1.165) is 15.8 Å². The van der Waals surface area contributed by atoms with Crippen molar-refractivity contribution in [1.82, 2.24) is 0 Å². The minimum absolute atomic E-state index is 0.299. The zero-order valence-corrected chi connectivity index (χ0v) is 14.4. The number of fused-ring (bicyclic) bond motifs is 1. The number of carbonyl (C=O) groups excluding carboxylic acids is 2. The summed E-state index contributed by atoms with van der Waals surface area (Å²) in [6, 6.07) is 13.5. The zero-order valence-electron chi connectivity index (χ0n) is 12.9. The lowest BCUT2D eigenvalue weighted by Gasteiger charge is -2.05. The zero-order chi connectivity index (χ0) is 17.3. The summed E-state index contributed by atoms with van der Waals surface area (Å²) in [5.41, 5.74) is 8.23. The molecule has 0 aliphatic rings. The van der Waals surface area contributed by atoms with Gasteiger partial charge in [0.05, 0.1) is 5.56 Å². The number of primary amides is 1. The van der Waals surface area contributed by atoms with Crippen LogP contribution in [0.2, 0.25) is 0 Å². The molecule has 1 heterocycles. The summed E-state index contributed by atoms with van der Waals surface area (Å²) in [5, 5.41) is 3.95. The number of carbonyl (C=O) groups is 2. The SMILES string of the molecule is Cc1c[c]cc2c(C(N)=O)c(NC(=O)c3ccc(CCl)cc3)sc12. The Morgan fingerprint density at radius 3 is 2.58 bits per heavy atom. The molecule has 3 aromatic rings.